The minimum atomic E-state index is -1.09. The summed E-state index contributed by atoms with van der Waals surface area (Å²) in [5, 5.41) is 10.1. The van der Waals surface area contributed by atoms with Gasteiger partial charge in [0.25, 0.3) is 11.8 Å². The number of aromatic nitrogens is 1. The third kappa shape index (κ3) is 2.26. The zero-order valence-electron chi connectivity index (χ0n) is 10.2. The number of rotatable bonds is 4. The maximum atomic E-state index is 12.0. The Balaban J connectivity index is 2.24. The van der Waals surface area contributed by atoms with E-state index in [0.29, 0.717) is 11.3 Å². The van der Waals surface area contributed by atoms with Gasteiger partial charge < -0.3 is 5.11 Å². The van der Waals surface area contributed by atoms with E-state index in [4.69, 9.17) is 0 Å². The highest BCUT2D eigenvalue weighted by Gasteiger charge is 2.39. The number of carbonyl (C=O) groups is 2. The third-order valence-electron chi connectivity index (χ3n) is 2.69. The molecule has 6 heteroatoms. The van der Waals surface area contributed by atoms with Crippen molar-refractivity contribution in [1.82, 2.24) is 9.88 Å². The quantitative estimate of drug-likeness (QED) is 0.816. The molecule has 2 amide bonds. The standard InChI is InChI=1S/C12H14N2O3S/c1-12(17,7-18-2)6-14-10(15)8-4-3-5-13-9(8)11(14)16/h3-5,17H,6-7H2,1-2H3. The second-order valence-electron chi connectivity index (χ2n) is 4.53. The maximum absolute atomic E-state index is 12.0. The Labute approximate surface area is 109 Å². The zero-order valence-corrected chi connectivity index (χ0v) is 11.0. The number of β-amino-alcohol motifs (C(OH)–C–C–N with tert-alkyl or cyclic N) is 1. The average Bonchev–Trinajstić information content (AvgIpc) is 2.55. The number of amides is 2. The molecule has 0 fully saturated rings. The van der Waals surface area contributed by atoms with Crippen LogP contribution in [-0.2, 0) is 0 Å². The Morgan fingerprint density at radius 2 is 2.17 bits per heavy atom. The summed E-state index contributed by atoms with van der Waals surface area (Å²) in [6.45, 7) is 1.60. The van der Waals surface area contributed by atoms with Crippen LogP contribution in [0.4, 0.5) is 0 Å². The van der Waals surface area contributed by atoms with Gasteiger partial charge in [-0.25, -0.2) is 0 Å². The average molecular weight is 266 g/mol. The van der Waals surface area contributed by atoms with Gasteiger partial charge >= 0.3 is 0 Å². The lowest BCUT2D eigenvalue weighted by Gasteiger charge is -2.26. The topological polar surface area (TPSA) is 70.5 Å². The molecule has 0 saturated carbocycles. The lowest BCUT2D eigenvalue weighted by Crippen LogP contribution is -2.45. The lowest BCUT2D eigenvalue weighted by molar-refractivity contribution is 0.0319. The van der Waals surface area contributed by atoms with Gasteiger partial charge in [-0.05, 0) is 25.3 Å². The summed E-state index contributed by atoms with van der Waals surface area (Å²) in [7, 11) is 0. The fourth-order valence-electron chi connectivity index (χ4n) is 1.95. The van der Waals surface area contributed by atoms with Gasteiger partial charge in [-0.1, -0.05) is 0 Å². The number of hydrogen-bond donors (Lipinski definition) is 1. The summed E-state index contributed by atoms with van der Waals surface area (Å²) in [5.74, 6) is -0.366. The fourth-order valence-corrected chi connectivity index (χ4v) is 2.67. The predicted molar refractivity (Wildman–Crippen MR) is 68.6 cm³/mol. The second-order valence-corrected chi connectivity index (χ2v) is 5.39. The van der Waals surface area contributed by atoms with Crippen LogP contribution < -0.4 is 0 Å². The van der Waals surface area contributed by atoms with Crippen LogP contribution in [0.15, 0.2) is 18.3 Å². The first-order valence-electron chi connectivity index (χ1n) is 5.49. The number of aliphatic hydroxyl groups is 1. The Morgan fingerprint density at radius 3 is 2.78 bits per heavy atom. The molecule has 1 N–H and O–H groups in total. The van der Waals surface area contributed by atoms with Crippen LogP contribution in [0, 0.1) is 0 Å². The Kier molecular flexibility index (Phi) is 3.41. The smallest absolute Gasteiger partial charge is 0.280 e. The van der Waals surface area contributed by atoms with E-state index >= 15 is 0 Å². The van der Waals surface area contributed by atoms with Crippen LogP contribution in [-0.4, -0.2) is 51.0 Å². The number of nitrogens with zero attached hydrogens (tertiary/aromatic N) is 2. The van der Waals surface area contributed by atoms with Crippen molar-refractivity contribution in [2.24, 2.45) is 0 Å². The molecule has 18 heavy (non-hydrogen) atoms. The molecule has 0 aliphatic carbocycles. The van der Waals surface area contributed by atoms with Gasteiger partial charge in [0, 0.05) is 11.9 Å². The van der Waals surface area contributed by atoms with Crippen molar-refractivity contribution in [3.8, 4) is 0 Å². The van der Waals surface area contributed by atoms with Crippen LogP contribution in [0.5, 0.6) is 0 Å². The van der Waals surface area contributed by atoms with E-state index in [1.54, 1.807) is 19.1 Å². The molecule has 0 radical (unpaired) electrons. The van der Waals surface area contributed by atoms with Crippen LogP contribution in [0.25, 0.3) is 0 Å². The van der Waals surface area contributed by atoms with Gasteiger partial charge in [-0.3, -0.25) is 19.5 Å². The molecule has 2 rings (SSSR count). The summed E-state index contributed by atoms with van der Waals surface area (Å²) < 4.78 is 0. The molecule has 1 aliphatic rings. The highest BCUT2D eigenvalue weighted by Crippen LogP contribution is 2.23. The van der Waals surface area contributed by atoms with Gasteiger partial charge in [-0.15, -0.1) is 0 Å². The monoisotopic (exact) mass is 266 g/mol. The summed E-state index contributed by atoms with van der Waals surface area (Å²) in [5.41, 5.74) is -0.614. The van der Waals surface area contributed by atoms with E-state index in [1.165, 1.54) is 18.0 Å². The molecular formula is C12H14N2O3S. The van der Waals surface area contributed by atoms with Crippen molar-refractivity contribution >= 4 is 23.6 Å². The van der Waals surface area contributed by atoms with E-state index in [-0.39, 0.29) is 18.1 Å². The number of thioether (sulfide) groups is 1. The summed E-state index contributed by atoms with van der Waals surface area (Å²) in [6, 6.07) is 3.19. The van der Waals surface area contributed by atoms with Gasteiger partial charge in [0.05, 0.1) is 17.7 Å². The molecular weight excluding hydrogens is 252 g/mol. The number of imide groups is 1. The molecule has 1 unspecified atom stereocenters. The highest BCUT2D eigenvalue weighted by atomic mass is 32.2. The third-order valence-corrected chi connectivity index (χ3v) is 3.60. The highest BCUT2D eigenvalue weighted by molar-refractivity contribution is 7.98. The number of hydrogen-bond acceptors (Lipinski definition) is 5. The van der Waals surface area contributed by atoms with E-state index in [1.807, 2.05) is 6.26 Å². The molecule has 1 atom stereocenters. The number of fused-ring (bicyclic) bond motifs is 1. The lowest BCUT2D eigenvalue weighted by atomic mass is 10.1. The molecule has 2 heterocycles. The minimum Gasteiger partial charge on any atom is -0.387 e. The van der Waals surface area contributed by atoms with Crippen LogP contribution in [0.2, 0.25) is 0 Å². The molecule has 96 valence electrons. The first-order valence-corrected chi connectivity index (χ1v) is 6.88. The Morgan fingerprint density at radius 1 is 1.44 bits per heavy atom. The summed E-state index contributed by atoms with van der Waals surface area (Å²) in [4.78, 5) is 29.0. The van der Waals surface area contributed by atoms with E-state index in [9.17, 15) is 14.7 Å². The molecule has 1 aliphatic heterocycles. The van der Waals surface area contributed by atoms with E-state index in [2.05, 4.69) is 4.98 Å². The SMILES string of the molecule is CSCC(C)(O)CN1C(=O)c2cccnc2C1=O. The van der Waals surface area contributed by atoms with Gasteiger partial charge in [0.2, 0.25) is 0 Å². The van der Waals surface area contributed by atoms with Crippen LogP contribution >= 0.6 is 11.8 Å². The van der Waals surface area contributed by atoms with Crippen molar-refractivity contribution in [2.45, 2.75) is 12.5 Å². The minimum absolute atomic E-state index is 0.0120. The first kappa shape index (κ1) is 13.0. The van der Waals surface area contributed by atoms with Crippen molar-refractivity contribution in [3.63, 3.8) is 0 Å². The molecule has 0 bridgehead atoms. The van der Waals surface area contributed by atoms with Crippen molar-refractivity contribution in [1.29, 1.82) is 0 Å². The maximum Gasteiger partial charge on any atom is 0.280 e. The van der Waals surface area contributed by atoms with Crippen molar-refractivity contribution < 1.29 is 14.7 Å². The summed E-state index contributed by atoms with van der Waals surface area (Å²) in [6.07, 6.45) is 3.34. The Hall–Kier alpha value is -1.40. The second kappa shape index (κ2) is 4.70. The Bertz CT molecular complexity index is 467. The van der Waals surface area contributed by atoms with Crippen LogP contribution in [0.1, 0.15) is 27.8 Å². The predicted octanol–water partition coefficient (Wildman–Crippen LogP) is 0.792. The first-order chi connectivity index (χ1) is 8.46. The number of pyridine rings is 1. The van der Waals surface area contributed by atoms with E-state index in [0.717, 1.165) is 4.90 Å². The van der Waals surface area contributed by atoms with Gasteiger partial charge in [0.15, 0.2) is 0 Å². The molecule has 1 aromatic heterocycles. The normalized spacial score (nSPS) is 17.8. The van der Waals surface area contributed by atoms with Gasteiger partial charge in [0.1, 0.15) is 5.69 Å². The fraction of sp³-hybridized carbons (Fsp3) is 0.417. The number of carbonyl (C=O) groups excluding carboxylic acids is 2. The molecule has 5 nitrogen and oxygen atoms in total. The van der Waals surface area contributed by atoms with Crippen molar-refractivity contribution in [3.05, 3.63) is 29.6 Å². The molecule has 0 aromatic carbocycles. The molecule has 1 aromatic rings. The van der Waals surface area contributed by atoms with Crippen LogP contribution in [0.3, 0.4) is 0 Å². The van der Waals surface area contributed by atoms with E-state index < -0.39 is 11.5 Å². The largest absolute Gasteiger partial charge is 0.387 e. The molecule has 0 saturated heterocycles. The zero-order chi connectivity index (χ0) is 13.3. The summed E-state index contributed by atoms with van der Waals surface area (Å²) >= 11 is 1.46. The van der Waals surface area contributed by atoms with Gasteiger partial charge in [-0.2, -0.15) is 11.8 Å². The molecule has 0 spiro atoms. The van der Waals surface area contributed by atoms with Crippen molar-refractivity contribution in [2.75, 3.05) is 18.6 Å².